The van der Waals surface area contributed by atoms with E-state index in [4.69, 9.17) is 5.73 Å². The van der Waals surface area contributed by atoms with Crippen LogP contribution in [-0.4, -0.2) is 11.8 Å². The molecule has 2 aromatic rings. The van der Waals surface area contributed by atoms with E-state index in [0.717, 1.165) is 16.0 Å². The predicted molar refractivity (Wildman–Crippen MR) is 81.4 cm³/mol. The van der Waals surface area contributed by atoms with Gasteiger partial charge in [0.25, 0.3) is 11.8 Å². The first-order valence-corrected chi connectivity index (χ1v) is 6.99. The number of hydrogen-bond donors (Lipinski definition) is 2. The summed E-state index contributed by atoms with van der Waals surface area (Å²) in [5.74, 6) is -0.776. The van der Waals surface area contributed by atoms with Crippen LogP contribution in [0.3, 0.4) is 0 Å². The number of amides is 2. The van der Waals surface area contributed by atoms with Gasteiger partial charge in [-0.15, -0.1) is 11.3 Å². The number of aryl methyl sites for hydroxylation is 3. The minimum Gasteiger partial charge on any atom is -0.366 e. The van der Waals surface area contributed by atoms with Crippen LogP contribution in [0.15, 0.2) is 24.3 Å². The molecule has 0 aliphatic heterocycles. The number of hydrogen-bond acceptors (Lipinski definition) is 3. The van der Waals surface area contributed by atoms with Gasteiger partial charge >= 0.3 is 0 Å². The second-order valence-electron chi connectivity index (χ2n) is 4.72. The molecule has 2 rings (SSSR count). The molecule has 0 aliphatic rings. The van der Waals surface area contributed by atoms with E-state index in [-0.39, 0.29) is 5.91 Å². The van der Waals surface area contributed by atoms with Crippen molar-refractivity contribution < 1.29 is 9.59 Å². The summed E-state index contributed by atoms with van der Waals surface area (Å²) in [6.07, 6.45) is 0. The number of thiophene rings is 1. The Morgan fingerprint density at radius 1 is 1.10 bits per heavy atom. The van der Waals surface area contributed by atoms with Gasteiger partial charge in [0.15, 0.2) is 0 Å². The van der Waals surface area contributed by atoms with Crippen LogP contribution < -0.4 is 11.1 Å². The van der Waals surface area contributed by atoms with Crippen LogP contribution in [0, 0.1) is 20.8 Å². The van der Waals surface area contributed by atoms with Crippen molar-refractivity contribution >= 4 is 28.2 Å². The SMILES string of the molecule is Cc1cc(C(N)=O)c(NC(=O)c2ccc(C)c(C)c2)s1. The maximum Gasteiger partial charge on any atom is 0.256 e. The van der Waals surface area contributed by atoms with Crippen LogP contribution in [-0.2, 0) is 0 Å². The number of benzene rings is 1. The van der Waals surface area contributed by atoms with Gasteiger partial charge < -0.3 is 11.1 Å². The first-order valence-electron chi connectivity index (χ1n) is 6.17. The number of nitrogens with one attached hydrogen (secondary N) is 1. The highest BCUT2D eigenvalue weighted by Crippen LogP contribution is 2.27. The molecule has 0 bridgehead atoms. The largest absolute Gasteiger partial charge is 0.366 e. The van der Waals surface area contributed by atoms with Crippen molar-refractivity contribution in [3.63, 3.8) is 0 Å². The van der Waals surface area contributed by atoms with E-state index >= 15 is 0 Å². The highest BCUT2D eigenvalue weighted by atomic mass is 32.1. The van der Waals surface area contributed by atoms with Crippen molar-refractivity contribution in [1.82, 2.24) is 0 Å². The second-order valence-corrected chi connectivity index (χ2v) is 5.97. The van der Waals surface area contributed by atoms with Gasteiger partial charge in [-0.2, -0.15) is 0 Å². The minimum atomic E-state index is -0.537. The Hall–Kier alpha value is -2.14. The average Bonchev–Trinajstić information content (AvgIpc) is 2.73. The van der Waals surface area contributed by atoms with Crippen molar-refractivity contribution in [3.05, 3.63) is 51.4 Å². The fourth-order valence-electron chi connectivity index (χ4n) is 1.85. The minimum absolute atomic E-state index is 0.238. The molecule has 0 spiro atoms. The Labute approximate surface area is 121 Å². The molecule has 1 aromatic carbocycles. The normalized spacial score (nSPS) is 10.3. The lowest BCUT2D eigenvalue weighted by molar-refractivity contribution is 0.100. The molecule has 3 N–H and O–H groups in total. The molecule has 0 fully saturated rings. The molecule has 0 radical (unpaired) electrons. The highest BCUT2D eigenvalue weighted by molar-refractivity contribution is 7.16. The standard InChI is InChI=1S/C15H16N2O2S/c1-8-4-5-11(6-9(8)2)14(19)17-15-12(13(16)18)7-10(3)20-15/h4-7H,1-3H3,(H2,16,18)(H,17,19). The lowest BCUT2D eigenvalue weighted by Gasteiger charge is -2.06. The van der Waals surface area contributed by atoms with E-state index in [9.17, 15) is 9.59 Å². The molecule has 0 unspecified atom stereocenters. The predicted octanol–water partition coefficient (Wildman–Crippen LogP) is 3.02. The third-order valence-electron chi connectivity index (χ3n) is 3.12. The lowest BCUT2D eigenvalue weighted by Crippen LogP contribution is -2.16. The van der Waals surface area contributed by atoms with Gasteiger partial charge in [-0.05, 0) is 50.1 Å². The number of primary amides is 1. The summed E-state index contributed by atoms with van der Waals surface area (Å²) >= 11 is 1.34. The monoisotopic (exact) mass is 288 g/mol. The molecule has 0 saturated carbocycles. The molecule has 4 nitrogen and oxygen atoms in total. The van der Waals surface area contributed by atoms with Gasteiger partial charge in [0, 0.05) is 10.4 Å². The number of rotatable bonds is 3. The Balaban J connectivity index is 2.27. The first-order chi connectivity index (χ1) is 9.38. The summed E-state index contributed by atoms with van der Waals surface area (Å²) in [6.45, 7) is 5.81. The molecule has 2 amide bonds. The van der Waals surface area contributed by atoms with E-state index in [1.165, 1.54) is 11.3 Å². The zero-order chi connectivity index (χ0) is 14.9. The Bertz CT molecular complexity index is 689. The quantitative estimate of drug-likeness (QED) is 0.911. The van der Waals surface area contributed by atoms with Crippen molar-refractivity contribution in [2.45, 2.75) is 20.8 Å². The smallest absolute Gasteiger partial charge is 0.256 e. The fourth-order valence-corrected chi connectivity index (χ4v) is 2.76. The summed E-state index contributed by atoms with van der Waals surface area (Å²) < 4.78 is 0. The van der Waals surface area contributed by atoms with E-state index < -0.39 is 5.91 Å². The van der Waals surface area contributed by atoms with Crippen LogP contribution in [0.2, 0.25) is 0 Å². The Morgan fingerprint density at radius 3 is 2.40 bits per heavy atom. The average molecular weight is 288 g/mol. The molecule has 0 aliphatic carbocycles. The third-order valence-corrected chi connectivity index (χ3v) is 4.08. The summed E-state index contributed by atoms with van der Waals surface area (Å²) in [5, 5.41) is 3.25. The van der Waals surface area contributed by atoms with E-state index in [1.807, 2.05) is 32.9 Å². The molecular weight excluding hydrogens is 272 g/mol. The van der Waals surface area contributed by atoms with E-state index in [0.29, 0.717) is 16.1 Å². The number of anilines is 1. The molecular formula is C15H16N2O2S. The van der Waals surface area contributed by atoms with Gasteiger partial charge in [0.1, 0.15) is 5.00 Å². The molecule has 1 aromatic heterocycles. The summed E-state index contributed by atoms with van der Waals surface area (Å²) in [6, 6.07) is 7.18. The number of carbonyl (C=O) groups is 2. The zero-order valence-electron chi connectivity index (χ0n) is 11.6. The molecule has 1 heterocycles. The summed E-state index contributed by atoms with van der Waals surface area (Å²) in [5.41, 5.74) is 8.40. The molecule has 0 atom stereocenters. The van der Waals surface area contributed by atoms with E-state index in [2.05, 4.69) is 5.32 Å². The van der Waals surface area contributed by atoms with Crippen molar-refractivity contribution in [1.29, 1.82) is 0 Å². The maximum atomic E-state index is 12.2. The van der Waals surface area contributed by atoms with Gasteiger partial charge in [0.05, 0.1) is 5.56 Å². The Morgan fingerprint density at radius 2 is 1.80 bits per heavy atom. The van der Waals surface area contributed by atoms with Crippen LogP contribution in [0.4, 0.5) is 5.00 Å². The highest BCUT2D eigenvalue weighted by Gasteiger charge is 2.15. The van der Waals surface area contributed by atoms with Crippen molar-refractivity contribution in [2.75, 3.05) is 5.32 Å². The van der Waals surface area contributed by atoms with Crippen LogP contribution in [0.5, 0.6) is 0 Å². The molecule has 0 saturated heterocycles. The van der Waals surface area contributed by atoms with Crippen LogP contribution >= 0.6 is 11.3 Å². The molecule has 5 heteroatoms. The topological polar surface area (TPSA) is 72.2 Å². The van der Waals surface area contributed by atoms with Crippen LogP contribution in [0.25, 0.3) is 0 Å². The lowest BCUT2D eigenvalue weighted by atomic mass is 10.1. The first kappa shape index (κ1) is 14.3. The summed E-state index contributed by atoms with van der Waals surface area (Å²) in [7, 11) is 0. The second kappa shape index (κ2) is 5.46. The Kier molecular flexibility index (Phi) is 3.90. The van der Waals surface area contributed by atoms with Gasteiger partial charge in [-0.1, -0.05) is 6.07 Å². The third kappa shape index (κ3) is 2.88. The summed E-state index contributed by atoms with van der Waals surface area (Å²) in [4.78, 5) is 24.5. The van der Waals surface area contributed by atoms with Gasteiger partial charge in [0.2, 0.25) is 0 Å². The van der Waals surface area contributed by atoms with E-state index in [1.54, 1.807) is 12.1 Å². The van der Waals surface area contributed by atoms with Crippen molar-refractivity contribution in [2.24, 2.45) is 5.73 Å². The molecule has 20 heavy (non-hydrogen) atoms. The number of carbonyl (C=O) groups excluding carboxylic acids is 2. The fraction of sp³-hybridized carbons (Fsp3) is 0.200. The zero-order valence-corrected chi connectivity index (χ0v) is 12.4. The van der Waals surface area contributed by atoms with Gasteiger partial charge in [-0.25, -0.2) is 0 Å². The number of nitrogens with two attached hydrogens (primary N) is 1. The van der Waals surface area contributed by atoms with Crippen LogP contribution in [0.1, 0.15) is 36.7 Å². The van der Waals surface area contributed by atoms with Gasteiger partial charge in [-0.3, -0.25) is 9.59 Å². The molecule has 104 valence electrons. The maximum absolute atomic E-state index is 12.2. The van der Waals surface area contributed by atoms with Crippen molar-refractivity contribution in [3.8, 4) is 0 Å².